The summed E-state index contributed by atoms with van der Waals surface area (Å²) in [6.07, 6.45) is -0.574. The molecule has 0 amide bonds. The molecule has 0 N–H and O–H groups in total. The summed E-state index contributed by atoms with van der Waals surface area (Å²) < 4.78 is 12.5. The molecule has 1 fully saturated rings. The third-order valence-electron chi connectivity index (χ3n) is 3.67. The van der Waals surface area contributed by atoms with E-state index in [0.717, 1.165) is 20.5 Å². The fourth-order valence-electron chi connectivity index (χ4n) is 2.30. The molecule has 2 aromatic rings. The third kappa shape index (κ3) is 5.67. The van der Waals surface area contributed by atoms with Crippen molar-refractivity contribution in [1.82, 2.24) is 0 Å². The first-order valence-electron chi connectivity index (χ1n) is 7.61. The summed E-state index contributed by atoms with van der Waals surface area (Å²) in [6, 6.07) is 16.4. The molecule has 1 aliphatic heterocycles. The minimum Gasteiger partial charge on any atom is -0.433 e. The van der Waals surface area contributed by atoms with E-state index in [1.54, 1.807) is 23.5 Å². The first-order chi connectivity index (χ1) is 12.0. The Morgan fingerprint density at radius 2 is 1.36 bits per heavy atom. The number of cyclic esters (lactones) is 2. The molecule has 1 aliphatic rings. The molecule has 7 heteroatoms. The molecule has 0 spiro atoms. The zero-order valence-corrected chi connectivity index (χ0v) is 18.0. The first-order valence-corrected chi connectivity index (χ1v) is 11.2. The molecule has 0 aromatic heterocycles. The Morgan fingerprint density at radius 3 is 1.80 bits per heavy atom. The van der Waals surface area contributed by atoms with Gasteiger partial charge in [0.2, 0.25) is 0 Å². The zero-order chi connectivity index (χ0) is 17.7. The van der Waals surface area contributed by atoms with Crippen molar-refractivity contribution in [2.24, 2.45) is 5.41 Å². The largest absolute Gasteiger partial charge is 0.508 e. The molecule has 0 unspecified atom stereocenters. The number of ether oxygens (including phenoxy) is 2. The minimum absolute atomic E-state index is 0.214. The average Bonchev–Trinajstić information content (AvgIpc) is 2.61. The number of rotatable bonds is 6. The van der Waals surface area contributed by atoms with E-state index >= 15 is 0 Å². The number of thioether (sulfide) groups is 2. The normalized spacial score (nSPS) is 16.2. The summed E-state index contributed by atoms with van der Waals surface area (Å²) in [6.45, 7) is 0.766. The molecule has 0 saturated carbocycles. The highest BCUT2D eigenvalue weighted by Gasteiger charge is 2.38. The summed E-state index contributed by atoms with van der Waals surface area (Å²) in [7, 11) is 0. The standard InChI is InChI=1S/C18H16Br2O3S2/c19-13-3-1-5-15(7-13)24-11-18(9-22-17(21)23-10-18)12-25-16-6-2-4-14(20)8-16/h1-8H,9-12H2. The Bertz CT molecular complexity index is 693. The smallest absolute Gasteiger partial charge is 0.433 e. The predicted octanol–water partition coefficient (Wildman–Crippen LogP) is 6.25. The van der Waals surface area contributed by atoms with Gasteiger partial charge in [-0.2, -0.15) is 0 Å². The van der Waals surface area contributed by atoms with Crippen LogP contribution in [0.4, 0.5) is 4.79 Å². The van der Waals surface area contributed by atoms with Gasteiger partial charge in [0, 0.05) is 30.2 Å². The number of benzene rings is 2. The van der Waals surface area contributed by atoms with E-state index in [4.69, 9.17) is 9.47 Å². The Kier molecular flexibility index (Phi) is 6.77. The maximum absolute atomic E-state index is 11.3. The Morgan fingerprint density at radius 1 is 0.880 bits per heavy atom. The lowest BCUT2D eigenvalue weighted by Gasteiger charge is -2.35. The first kappa shape index (κ1) is 19.1. The molecule has 0 atom stereocenters. The van der Waals surface area contributed by atoms with Crippen LogP contribution in [0.15, 0.2) is 67.3 Å². The molecule has 132 valence electrons. The van der Waals surface area contributed by atoms with Crippen molar-refractivity contribution in [3.63, 3.8) is 0 Å². The summed E-state index contributed by atoms with van der Waals surface area (Å²) in [4.78, 5) is 13.7. The number of hydrogen-bond acceptors (Lipinski definition) is 5. The SMILES string of the molecule is O=C1OCC(CSc2cccc(Br)c2)(CSc2cccc(Br)c2)CO1. The van der Waals surface area contributed by atoms with E-state index in [2.05, 4.69) is 56.1 Å². The van der Waals surface area contributed by atoms with Crippen LogP contribution in [0.2, 0.25) is 0 Å². The molecule has 0 bridgehead atoms. The summed E-state index contributed by atoms with van der Waals surface area (Å²) in [5, 5.41) is 0. The second-order valence-corrected chi connectivity index (χ2v) is 9.75. The van der Waals surface area contributed by atoms with E-state index in [1.807, 2.05) is 24.3 Å². The molecule has 0 radical (unpaired) electrons. The van der Waals surface area contributed by atoms with Gasteiger partial charge in [-0.1, -0.05) is 44.0 Å². The Balaban J connectivity index is 1.68. The quantitative estimate of drug-likeness (QED) is 0.344. The second kappa shape index (κ2) is 8.84. The van der Waals surface area contributed by atoms with Crippen molar-refractivity contribution in [3.8, 4) is 0 Å². The van der Waals surface area contributed by atoms with Crippen molar-refractivity contribution in [2.45, 2.75) is 9.79 Å². The summed E-state index contributed by atoms with van der Waals surface area (Å²) in [5.74, 6) is 1.63. The van der Waals surface area contributed by atoms with Crippen LogP contribution in [-0.2, 0) is 9.47 Å². The van der Waals surface area contributed by atoms with E-state index in [1.165, 1.54) is 9.79 Å². The van der Waals surface area contributed by atoms with Gasteiger partial charge in [-0.15, -0.1) is 23.5 Å². The van der Waals surface area contributed by atoms with Gasteiger partial charge in [-0.25, -0.2) is 4.79 Å². The van der Waals surface area contributed by atoms with Crippen molar-refractivity contribution in [2.75, 3.05) is 24.7 Å². The lowest BCUT2D eigenvalue weighted by molar-refractivity contribution is -0.0405. The number of hydrogen-bond donors (Lipinski definition) is 0. The topological polar surface area (TPSA) is 35.5 Å². The molecular weight excluding hydrogens is 488 g/mol. The van der Waals surface area contributed by atoms with Crippen LogP contribution in [0, 0.1) is 5.41 Å². The highest BCUT2D eigenvalue weighted by molar-refractivity contribution is 9.10. The van der Waals surface area contributed by atoms with Crippen molar-refractivity contribution < 1.29 is 14.3 Å². The molecule has 0 aliphatic carbocycles. The van der Waals surface area contributed by atoms with Crippen LogP contribution < -0.4 is 0 Å². The molecule has 2 aromatic carbocycles. The number of halogens is 2. The third-order valence-corrected chi connectivity index (χ3v) is 7.35. The molecule has 1 heterocycles. The summed E-state index contributed by atoms with van der Waals surface area (Å²) >= 11 is 10.5. The predicted molar refractivity (Wildman–Crippen MR) is 109 cm³/mol. The Labute approximate surface area is 172 Å². The molecule has 3 nitrogen and oxygen atoms in total. The average molecular weight is 504 g/mol. The molecular formula is C18H16Br2O3S2. The van der Waals surface area contributed by atoms with Crippen LogP contribution in [0.25, 0.3) is 0 Å². The van der Waals surface area contributed by atoms with Gasteiger partial charge in [0.15, 0.2) is 0 Å². The van der Waals surface area contributed by atoms with Gasteiger partial charge in [0.05, 0.1) is 5.41 Å². The van der Waals surface area contributed by atoms with E-state index in [9.17, 15) is 4.79 Å². The van der Waals surface area contributed by atoms with Crippen LogP contribution in [-0.4, -0.2) is 30.9 Å². The molecule has 1 saturated heterocycles. The van der Waals surface area contributed by atoms with Crippen LogP contribution >= 0.6 is 55.4 Å². The number of carbonyl (C=O) groups excluding carboxylic acids is 1. The molecule has 25 heavy (non-hydrogen) atoms. The van der Waals surface area contributed by atoms with Crippen LogP contribution in [0.1, 0.15) is 0 Å². The highest BCUT2D eigenvalue weighted by Crippen LogP contribution is 2.37. The van der Waals surface area contributed by atoms with Crippen LogP contribution in [0.5, 0.6) is 0 Å². The van der Waals surface area contributed by atoms with E-state index in [-0.39, 0.29) is 5.41 Å². The zero-order valence-electron chi connectivity index (χ0n) is 13.2. The minimum atomic E-state index is -0.574. The maximum atomic E-state index is 11.3. The van der Waals surface area contributed by atoms with Crippen molar-refractivity contribution >= 4 is 61.5 Å². The number of carbonyl (C=O) groups is 1. The van der Waals surface area contributed by atoms with Crippen molar-refractivity contribution in [1.29, 1.82) is 0 Å². The maximum Gasteiger partial charge on any atom is 0.508 e. The van der Waals surface area contributed by atoms with E-state index in [0.29, 0.717) is 13.2 Å². The van der Waals surface area contributed by atoms with Crippen molar-refractivity contribution in [3.05, 3.63) is 57.5 Å². The van der Waals surface area contributed by atoms with Gasteiger partial charge in [-0.05, 0) is 36.4 Å². The monoisotopic (exact) mass is 502 g/mol. The fraction of sp³-hybridized carbons (Fsp3) is 0.278. The molecule has 3 rings (SSSR count). The van der Waals surface area contributed by atoms with Gasteiger partial charge in [0.25, 0.3) is 0 Å². The Hall–Kier alpha value is -0.630. The van der Waals surface area contributed by atoms with Gasteiger partial charge in [-0.3, -0.25) is 0 Å². The van der Waals surface area contributed by atoms with E-state index < -0.39 is 6.16 Å². The second-order valence-electron chi connectivity index (χ2n) is 5.82. The fourth-order valence-corrected chi connectivity index (χ4v) is 5.79. The van der Waals surface area contributed by atoms with Crippen LogP contribution in [0.3, 0.4) is 0 Å². The lowest BCUT2D eigenvalue weighted by Crippen LogP contribution is -2.43. The lowest BCUT2D eigenvalue weighted by atomic mass is 9.95. The van der Waals surface area contributed by atoms with Gasteiger partial charge >= 0.3 is 6.16 Å². The van der Waals surface area contributed by atoms with Gasteiger partial charge in [0.1, 0.15) is 13.2 Å². The highest BCUT2D eigenvalue weighted by atomic mass is 79.9. The summed E-state index contributed by atoms with van der Waals surface area (Å²) in [5.41, 5.74) is -0.214. The van der Waals surface area contributed by atoms with Gasteiger partial charge < -0.3 is 9.47 Å².